The highest BCUT2D eigenvalue weighted by Crippen LogP contribution is 2.40. The Labute approximate surface area is 204 Å². The van der Waals surface area contributed by atoms with E-state index in [1.165, 1.54) is 0 Å². The van der Waals surface area contributed by atoms with Crippen molar-refractivity contribution >= 4 is 23.4 Å². The number of nitrogens with one attached hydrogen (secondary N) is 2. The Balaban J connectivity index is 1.34. The minimum Gasteiger partial charge on any atom is -0.493 e. The predicted molar refractivity (Wildman–Crippen MR) is 129 cm³/mol. The lowest BCUT2D eigenvalue weighted by Crippen LogP contribution is -2.51. The van der Waals surface area contributed by atoms with Gasteiger partial charge in [0.25, 0.3) is 5.91 Å². The van der Waals surface area contributed by atoms with E-state index < -0.39 is 11.9 Å². The van der Waals surface area contributed by atoms with Gasteiger partial charge >= 0.3 is 0 Å². The number of carbonyl (C=O) groups excluding carboxylic acids is 3. The van der Waals surface area contributed by atoms with Gasteiger partial charge in [0.05, 0.1) is 39.0 Å². The third-order valence-corrected chi connectivity index (χ3v) is 6.33. The van der Waals surface area contributed by atoms with E-state index in [1.807, 2.05) is 12.1 Å². The number of benzene rings is 2. The van der Waals surface area contributed by atoms with E-state index in [9.17, 15) is 14.4 Å². The highest BCUT2D eigenvalue weighted by atomic mass is 16.5. The summed E-state index contributed by atoms with van der Waals surface area (Å²) in [6.45, 7) is 3.01. The standard InChI is InChI=1S/C25H30N4O6/c1-33-20-9-8-16(22(34-2)23(20)35-3)15-28-10-12-29(13-11-28)21(30)14-19-25(32)26-18-7-5-4-6-17(18)24(31)27-19/h4-9,19H,10-15H2,1-3H3,(H,26,32)(H,27,31). The maximum absolute atomic E-state index is 12.9. The van der Waals surface area contributed by atoms with E-state index in [0.717, 1.165) is 5.56 Å². The molecule has 1 saturated heterocycles. The lowest BCUT2D eigenvalue weighted by atomic mass is 10.1. The van der Waals surface area contributed by atoms with Crippen LogP contribution in [0.15, 0.2) is 36.4 Å². The van der Waals surface area contributed by atoms with Gasteiger partial charge in [0.1, 0.15) is 6.04 Å². The monoisotopic (exact) mass is 482 g/mol. The molecule has 2 aliphatic heterocycles. The van der Waals surface area contributed by atoms with Crippen LogP contribution in [-0.2, 0) is 16.1 Å². The second-order valence-electron chi connectivity index (χ2n) is 8.42. The molecule has 1 unspecified atom stereocenters. The molecule has 35 heavy (non-hydrogen) atoms. The zero-order valence-corrected chi connectivity index (χ0v) is 20.1. The van der Waals surface area contributed by atoms with E-state index in [-0.39, 0.29) is 18.2 Å². The first-order valence-corrected chi connectivity index (χ1v) is 11.4. The number of nitrogens with zero attached hydrogens (tertiary/aromatic N) is 2. The molecule has 2 heterocycles. The van der Waals surface area contributed by atoms with Crippen LogP contribution in [0.3, 0.4) is 0 Å². The van der Waals surface area contributed by atoms with Crippen LogP contribution >= 0.6 is 0 Å². The molecule has 2 N–H and O–H groups in total. The van der Waals surface area contributed by atoms with Crippen molar-refractivity contribution < 1.29 is 28.6 Å². The first kappa shape index (κ1) is 24.3. The Morgan fingerprint density at radius 1 is 0.943 bits per heavy atom. The predicted octanol–water partition coefficient (Wildman–Crippen LogP) is 1.50. The van der Waals surface area contributed by atoms with E-state index in [2.05, 4.69) is 15.5 Å². The summed E-state index contributed by atoms with van der Waals surface area (Å²) in [7, 11) is 4.75. The molecule has 4 rings (SSSR count). The summed E-state index contributed by atoms with van der Waals surface area (Å²) < 4.78 is 16.4. The molecule has 10 heteroatoms. The summed E-state index contributed by atoms with van der Waals surface area (Å²) in [6.07, 6.45) is -0.0882. The number of carbonyl (C=O) groups is 3. The lowest BCUT2D eigenvalue weighted by Gasteiger charge is -2.35. The van der Waals surface area contributed by atoms with Gasteiger partial charge in [-0.15, -0.1) is 0 Å². The van der Waals surface area contributed by atoms with Gasteiger partial charge in [0.15, 0.2) is 11.5 Å². The summed E-state index contributed by atoms with van der Waals surface area (Å²) in [5.74, 6) is 0.843. The van der Waals surface area contributed by atoms with Crippen molar-refractivity contribution in [2.45, 2.75) is 19.0 Å². The number of fused-ring (bicyclic) bond motifs is 1. The molecule has 0 radical (unpaired) electrons. The fraction of sp³-hybridized carbons (Fsp3) is 0.400. The molecule has 0 aromatic heterocycles. The van der Waals surface area contributed by atoms with Crippen LogP contribution in [-0.4, -0.2) is 81.1 Å². The summed E-state index contributed by atoms with van der Waals surface area (Å²) in [5.41, 5.74) is 1.79. The first-order chi connectivity index (χ1) is 16.9. The minimum atomic E-state index is -0.920. The number of methoxy groups -OCH3 is 3. The molecular formula is C25H30N4O6. The number of amides is 3. The van der Waals surface area contributed by atoms with Gasteiger partial charge in [0, 0.05) is 38.3 Å². The molecule has 186 valence electrons. The topological polar surface area (TPSA) is 109 Å². The molecule has 0 bridgehead atoms. The quantitative estimate of drug-likeness (QED) is 0.616. The molecule has 2 aromatic rings. The van der Waals surface area contributed by atoms with Crippen LogP contribution in [0.4, 0.5) is 5.69 Å². The molecule has 0 aliphatic carbocycles. The van der Waals surface area contributed by atoms with Gasteiger partial charge in [-0.1, -0.05) is 18.2 Å². The molecule has 2 aliphatic rings. The number of ether oxygens (including phenoxy) is 3. The van der Waals surface area contributed by atoms with Crippen LogP contribution in [0.5, 0.6) is 17.2 Å². The minimum absolute atomic E-state index is 0.0882. The van der Waals surface area contributed by atoms with Crippen molar-refractivity contribution in [2.24, 2.45) is 0 Å². The van der Waals surface area contributed by atoms with Crippen molar-refractivity contribution in [3.8, 4) is 17.2 Å². The summed E-state index contributed by atoms with van der Waals surface area (Å²) in [6, 6.07) is 9.66. The zero-order chi connectivity index (χ0) is 24.9. The van der Waals surface area contributed by atoms with Crippen molar-refractivity contribution in [3.05, 3.63) is 47.5 Å². The Morgan fingerprint density at radius 2 is 1.66 bits per heavy atom. The van der Waals surface area contributed by atoms with Crippen molar-refractivity contribution in [3.63, 3.8) is 0 Å². The van der Waals surface area contributed by atoms with Crippen molar-refractivity contribution in [1.82, 2.24) is 15.1 Å². The average Bonchev–Trinajstić information content (AvgIpc) is 2.99. The van der Waals surface area contributed by atoms with Crippen LogP contribution in [0, 0.1) is 0 Å². The van der Waals surface area contributed by atoms with E-state index in [1.54, 1.807) is 50.5 Å². The molecule has 0 saturated carbocycles. The maximum Gasteiger partial charge on any atom is 0.254 e. The van der Waals surface area contributed by atoms with Gasteiger partial charge in [-0.25, -0.2) is 0 Å². The number of hydrogen-bond acceptors (Lipinski definition) is 7. The smallest absolute Gasteiger partial charge is 0.254 e. The summed E-state index contributed by atoms with van der Waals surface area (Å²) in [5, 5.41) is 5.43. The lowest BCUT2D eigenvalue weighted by molar-refractivity contribution is -0.135. The largest absolute Gasteiger partial charge is 0.493 e. The number of piperazine rings is 1. The number of anilines is 1. The van der Waals surface area contributed by atoms with Crippen LogP contribution in [0.2, 0.25) is 0 Å². The van der Waals surface area contributed by atoms with Gasteiger partial charge in [-0.3, -0.25) is 19.3 Å². The summed E-state index contributed by atoms with van der Waals surface area (Å²) >= 11 is 0. The molecule has 3 amide bonds. The third-order valence-electron chi connectivity index (χ3n) is 6.33. The average molecular weight is 483 g/mol. The van der Waals surface area contributed by atoms with Crippen LogP contribution in [0.25, 0.3) is 0 Å². The molecular weight excluding hydrogens is 452 g/mol. The second-order valence-corrected chi connectivity index (χ2v) is 8.42. The fourth-order valence-electron chi connectivity index (χ4n) is 4.44. The molecule has 1 fully saturated rings. The SMILES string of the molecule is COc1ccc(CN2CCN(C(=O)CC3NC(=O)c4ccccc4NC3=O)CC2)c(OC)c1OC. The Morgan fingerprint density at radius 3 is 2.34 bits per heavy atom. The fourth-order valence-corrected chi connectivity index (χ4v) is 4.44. The van der Waals surface area contributed by atoms with Gasteiger partial charge in [-0.2, -0.15) is 0 Å². The molecule has 1 atom stereocenters. The van der Waals surface area contributed by atoms with Gasteiger partial charge < -0.3 is 29.7 Å². The maximum atomic E-state index is 12.9. The first-order valence-electron chi connectivity index (χ1n) is 11.4. The van der Waals surface area contributed by atoms with Crippen molar-refractivity contribution in [2.75, 3.05) is 52.8 Å². The zero-order valence-electron chi connectivity index (χ0n) is 20.1. The highest BCUT2D eigenvalue weighted by molar-refractivity contribution is 6.10. The second kappa shape index (κ2) is 10.6. The Hall–Kier alpha value is -3.79. The Bertz CT molecular complexity index is 1110. The number of para-hydroxylation sites is 1. The Kier molecular flexibility index (Phi) is 7.40. The van der Waals surface area contributed by atoms with Gasteiger partial charge in [0.2, 0.25) is 17.6 Å². The number of rotatable bonds is 7. The molecule has 10 nitrogen and oxygen atoms in total. The normalized spacial score (nSPS) is 18.1. The van der Waals surface area contributed by atoms with Crippen molar-refractivity contribution in [1.29, 1.82) is 0 Å². The van der Waals surface area contributed by atoms with Gasteiger partial charge in [-0.05, 0) is 18.2 Å². The van der Waals surface area contributed by atoms with E-state index in [0.29, 0.717) is 61.2 Å². The highest BCUT2D eigenvalue weighted by Gasteiger charge is 2.32. The third kappa shape index (κ3) is 5.17. The van der Waals surface area contributed by atoms with E-state index in [4.69, 9.17) is 14.2 Å². The van der Waals surface area contributed by atoms with Crippen LogP contribution in [0.1, 0.15) is 22.3 Å². The van der Waals surface area contributed by atoms with Crippen LogP contribution < -0.4 is 24.8 Å². The molecule has 2 aromatic carbocycles. The number of hydrogen-bond donors (Lipinski definition) is 2. The summed E-state index contributed by atoms with van der Waals surface area (Å²) in [4.78, 5) is 42.0. The van der Waals surface area contributed by atoms with E-state index >= 15 is 0 Å². The molecule has 0 spiro atoms.